The first-order chi connectivity index (χ1) is 12.1. The highest BCUT2D eigenvalue weighted by Gasteiger charge is 2.24. The Bertz CT molecular complexity index is 587. The highest BCUT2D eigenvalue weighted by Crippen LogP contribution is 2.13. The van der Waals surface area contributed by atoms with E-state index in [0.717, 1.165) is 58.8 Å². The number of nitrogens with one attached hydrogen (secondary N) is 1. The molecule has 7 heteroatoms. The van der Waals surface area contributed by atoms with Crippen LogP contribution in [0, 0.1) is 6.92 Å². The normalized spacial score (nSPS) is 21.7. The Morgan fingerprint density at radius 3 is 2.63 bits per heavy atom. The van der Waals surface area contributed by atoms with Gasteiger partial charge in [-0.1, -0.05) is 24.3 Å². The zero-order valence-corrected chi connectivity index (χ0v) is 18.2. The molecule has 1 N–H and O–H groups in total. The molecule has 154 valence electrons. The summed E-state index contributed by atoms with van der Waals surface area (Å²) in [6.45, 7) is 12.7. The quantitative estimate of drug-likeness (QED) is 0.815. The lowest BCUT2D eigenvalue weighted by Gasteiger charge is -2.34. The van der Waals surface area contributed by atoms with Crippen LogP contribution in [0.25, 0.3) is 0 Å². The van der Waals surface area contributed by atoms with E-state index in [0.29, 0.717) is 18.5 Å². The van der Waals surface area contributed by atoms with Crippen LogP contribution in [0.5, 0.6) is 0 Å². The summed E-state index contributed by atoms with van der Waals surface area (Å²) in [5.41, 5.74) is 2.75. The average molecular weight is 417 g/mol. The second-order valence-corrected chi connectivity index (χ2v) is 7.46. The van der Waals surface area contributed by atoms with Crippen molar-refractivity contribution in [2.75, 3.05) is 52.4 Å². The molecule has 0 saturated carbocycles. The number of rotatable bonds is 4. The molecule has 0 radical (unpaired) electrons. The fraction of sp³-hybridized carbons (Fsp3) is 0.650. The monoisotopic (exact) mass is 416 g/mol. The van der Waals surface area contributed by atoms with Gasteiger partial charge < -0.3 is 10.2 Å². The number of amides is 1. The number of benzene rings is 1. The lowest BCUT2D eigenvalue weighted by Crippen LogP contribution is -2.53. The Morgan fingerprint density at radius 1 is 1.11 bits per heavy atom. The van der Waals surface area contributed by atoms with E-state index in [4.69, 9.17) is 0 Å². The third-order valence-corrected chi connectivity index (χ3v) is 5.57. The van der Waals surface area contributed by atoms with Crippen molar-refractivity contribution in [3.8, 4) is 0 Å². The number of aryl methyl sites for hydroxylation is 1. The fourth-order valence-electron chi connectivity index (χ4n) is 3.80. The number of carbonyl (C=O) groups excluding carboxylic acids is 1. The number of carbonyl (C=O) groups is 1. The van der Waals surface area contributed by atoms with Crippen molar-refractivity contribution in [3.63, 3.8) is 0 Å². The predicted molar refractivity (Wildman–Crippen MR) is 116 cm³/mol. The molecule has 1 atom stereocenters. The Hall–Kier alpha value is -0.850. The van der Waals surface area contributed by atoms with E-state index in [2.05, 4.69) is 58.1 Å². The Balaban J connectivity index is 0.00000182. The van der Waals surface area contributed by atoms with Crippen molar-refractivity contribution >= 4 is 30.7 Å². The molecule has 2 saturated heterocycles. The van der Waals surface area contributed by atoms with Crippen molar-refractivity contribution in [3.05, 3.63) is 35.4 Å². The maximum Gasteiger partial charge on any atom is 0.236 e. The first-order valence-electron chi connectivity index (χ1n) is 9.63. The summed E-state index contributed by atoms with van der Waals surface area (Å²) >= 11 is 0. The SMILES string of the molecule is Cc1ccccc1CN1CCCN(C(=O)CN2CCNC[C@@H]2C)CC1.Cl.Cl. The molecule has 2 heterocycles. The summed E-state index contributed by atoms with van der Waals surface area (Å²) in [6, 6.07) is 9.05. The molecule has 3 rings (SSSR count). The van der Waals surface area contributed by atoms with Crippen LogP contribution < -0.4 is 5.32 Å². The molecule has 2 aliphatic heterocycles. The molecule has 0 unspecified atom stereocenters. The van der Waals surface area contributed by atoms with Crippen molar-refractivity contribution in [1.29, 1.82) is 0 Å². The average Bonchev–Trinajstić information content (AvgIpc) is 2.85. The summed E-state index contributed by atoms with van der Waals surface area (Å²) < 4.78 is 0. The number of nitrogens with zero attached hydrogens (tertiary/aromatic N) is 3. The topological polar surface area (TPSA) is 38.8 Å². The Kier molecular flexibility index (Phi) is 10.6. The van der Waals surface area contributed by atoms with Gasteiger partial charge in [-0.2, -0.15) is 0 Å². The van der Waals surface area contributed by atoms with Gasteiger partial charge in [-0.15, -0.1) is 24.8 Å². The van der Waals surface area contributed by atoms with Crippen molar-refractivity contribution in [2.45, 2.75) is 32.9 Å². The van der Waals surface area contributed by atoms with Crippen molar-refractivity contribution in [2.24, 2.45) is 0 Å². The first-order valence-corrected chi connectivity index (χ1v) is 9.63. The molecule has 1 amide bonds. The molecule has 27 heavy (non-hydrogen) atoms. The van der Waals surface area contributed by atoms with Gasteiger partial charge in [-0.3, -0.25) is 14.6 Å². The second-order valence-electron chi connectivity index (χ2n) is 7.46. The molecule has 2 aliphatic rings. The van der Waals surface area contributed by atoms with Crippen molar-refractivity contribution < 1.29 is 4.79 Å². The van der Waals surface area contributed by atoms with E-state index in [1.165, 1.54) is 11.1 Å². The van der Waals surface area contributed by atoms with Gasteiger partial charge in [0.15, 0.2) is 0 Å². The smallest absolute Gasteiger partial charge is 0.236 e. The first kappa shape index (κ1) is 24.2. The summed E-state index contributed by atoms with van der Waals surface area (Å²) in [5.74, 6) is 0.298. The maximum atomic E-state index is 12.7. The summed E-state index contributed by atoms with van der Waals surface area (Å²) in [7, 11) is 0. The number of piperazine rings is 1. The lowest BCUT2D eigenvalue weighted by atomic mass is 10.1. The standard InChI is InChI=1S/C20H32N4O.2ClH/c1-17-6-3-4-7-19(17)15-22-9-5-10-23(13-12-22)20(25)16-24-11-8-21-14-18(24)2;;/h3-4,6-7,18,21H,5,8-16H2,1-2H3;2*1H/t18-;;/m0../s1. The largest absolute Gasteiger partial charge is 0.340 e. The minimum Gasteiger partial charge on any atom is -0.340 e. The summed E-state index contributed by atoms with van der Waals surface area (Å²) in [5, 5.41) is 3.39. The Morgan fingerprint density at radius 2 is 1.89 bits per heavy atom. The highest BCUT2D eigenvalue weighted by atomic mass is 35.5. The van der Waals surface area contributed by atoms with Gasteiger partial charge in [0, 0.05) is 58.4 Å². The predicted octanol–water partition coefficient (Wildman–Crippen LogP) is 2.17. The van der Waals surface area contributed by atoms with Gasteiger partial charge in [0.1, 0.15) is 0 Å². The van der Waals surface area contributed by atoms with E-state index >= 15 is 0 Å². The van der Waals surface area contributed by atoms with Gasteiger partial charge in [-0.25, -0.2) is 0 Å². The number of hydrogen-bond acceptors (Lipinski definition) is 4. The van der Waals surface area contributed by atoms with Crippen LogP contribution in [0.4, 0.5) is 0 Å². The van der Waals surface area contributed by atoms with Crippen LogP contribution in [0.15, 0.2) is 24.3 Å². The van der Waals surface area contributed by atoms with Crippen LogP contribution in [-0.2, 0) is 11.3 Å². The summed E-state index contributed by atoms with van der Waals surface area (Å²) in [6.07, 6.45) is 1.06. The second kappa shape index (κ2) is 11.9. The van der Waals surface area contributed by atoms with E-state index in [-0.39, 0.29) is 24.8 Å². The van der Waals surface area contributed by atoms with Gasteiger partial charge >= 0.3 is 0 Å². The zero-order chi connectivity index (χ0) is 17.6. The van der Waals surface area contributed by atoms with Crippen molar-refractivity contribution in [1.82, 2.24) is 20.0 Å². The van der Waals surface area contributed by atoms with Gasteiger partial charge in [-0.05, 0) is 31.4 Å². The number of halogens is 2. The molecule has 0 spiro atoms. The molecular formula is C20H34Cl2N4O. The molecule has 0 aliphatic carbocycles. The van der Waals surface area contributed by atoms with Gasteiger partial charge in [0.2, 0.25) is 5.91 Å². The third kappa shape index (κ3) is 6.91. The van der Waals surface area contributed by atoms with Crippen LogP contribution in [-0.4, -0.2) is 79.0 Å². The zero-order valence-electron chi connectivity index (χ0n) is 16.5. The van der Waals surface area contributed by atoms with Gasteiger partial charge in [0.25, 0.3) is 0 Å². The molecule has 5 nitrogen and oxygen atoms in total. The Labute approximate surface area is 176 Å². The van der Waals surface area contributed by atoms with E-state index in [1.54, 1.807) is 0 Å². The highest BCUT2D eigenvalue weighted by molar-refractivity contribution is 5.85. The van der Waals surface area contributed by atoms with Crippen LogP contribution in [0.2, 0.25) is 0 Å². The van der Waals surface area contributed by atoms with E-state index in [1.807, 2.05) is 0 Å². The van der Waals surface area contributed by atoms with Gasteiger partial charge in [0.05, 0.1) is 6.54 Å². The lowest BCUT2D eigenvalue weighted by molar-refractivity contribution is -0.133. The molecule has 0 bridgehead atoms. The van der Waals surface area contributed by atoms with E-state index in [9.17, 15) is 4.79 Å². The molecule has 1 aromatic carbocycles. The molecule has 2 fully saturated rings. The van der Waals surface area contributed by atoms with E-state index < -0.39 is 0 Å². The molecule has 1 aromatic rings. The maximum absolute atomic E-state index is 12.7. The fourth-order valence-corrected chi connectivity index (χ4v) is 3.80. The molecule has 0 aromatic heterocycles. The number of hydrogen-bond donors (Lipinski definition) is 1. The summed E-state index contributed by atoms with van der Waals surface area (Å²) in [4.78, 5) is 19.6. The van der Waals surface area contributed by atoms with Crippen LogP contribution in [0.3, 0.4) is 0 Å². The molecular weight excluding hydrogens is 383 g/mol. The minimum absolute atomic E-state index is 0. The minimum atomic E-state index is 0. The van der Waals surface area contributed by atoms with Crippen LogP contribution >= 0.6 is 24.8 Å². The third-order valence-electron chi connectivity index (χ3n) is 5.57. The van der Waals surface area contributed by atoms with Crippen LogP contribution in [0.1, 0.15) is 24.5 Å².